The zero-order chi connectivity index (χ0) is 18.1. The zero-order valence-electron chi connectivity index (χ0n) is 14.5. The standard InChI is InChI=1S/C19H20N4O3/c1-13-9-16(26-21-13)11-18(24)22-7-8-23-15(12-22)10-17(20-23)19(25)14-5-3-2-4-6-14/h2-6,9-10,19,25H,7-8,11-12H2,1H3/t19-/m0/s1. The van der Waals surface area contributed by atoms with Crippen molar-refractivity contribution >= 4 is 5.91 Å². The number of nitrogens with zero attached hydrogens (tertiary/aromatic N) is 4. The van der Waals surface area contributed by atoms with Crippen LogP contribution in [0.1, 0.15) is 34.5 Å². The van der Waals surface area contributed by atoms with E-state index in [1.54, 1.807) is 11.0 Å². The highest BCUT2D eigenvalue weighted by molar-refractivity contribution is 5.78. The number of hydrogen-bond acceptors (Lipinski definition) is 5. The Morgan fingerprint density at radius 3 is 2.81 bits per heavy atom. The van der Waals surface area contributed by atoms with Crippen molar-refractivity contribution in [3.63, 3.8) is 0 Å². The third kappa shape index (κ3) is 3.25. The van der Waals surface area contributed by atoms with Gasteiger partial charge in [-0.15, -0.1) is 0 Å². The maximum absolute atomic E-state index is 12.5. The molecule has 4 rings (SSSR count). The predicted molar refractivity (Wildman–Crippen MR) is 93.1 cm³/mol. The molecule has 7 nitrogen and oxygen atoms in total. The molecular weight excluding hydrogens is 332 g/mol. The van der Waals surface area contributed by atoms with E-state index in [4.69, 9.17) is 4.52 Å². The summed E-state index contributed by atoms with van der Waals surface area (Å²) in [6, 6.07) is 13.1. The number of aryl methyl sites for hydroxylation is 1. The average molecular weight is 352 g/mol. The number of fused-ring (bicyclic) bond motifs is 1. The molecule has 0 fully saturated rings. The first-order valence-corrected chi connectivity index (χ1v) is 8.60. The molecule has 0 saturated carbocycles. The summed E-state index contributed by atoms with van der Waals surface area (Å²) in [7, 11) is 0. The molecule has 1 aliphatic heterocycles. The summed E-state index contributed by atoms with van der Waals surface area (Å²) < 4.78 is 7.00. The number of carbonyl (C=O) groups is 1. The maximum Gasteiger partial charge on any atom is 0.230 e. The first kappa shape index (κ1) is 16.5. The van der Waals surface area contributed by atoms with E-state index in [-0.39, 0.29) is 12.3 Å². The summed E-state index contributed by atoms with van der Waals surface area (Å²) in [5.74, 6) is 0.575. The van der Waals surface area contributed by atoms with Gasteiger partial charge in [-0.2, -0.15) is 5.10 Å². The number of amides is 1. The van der Waals surface area contributed by atoms with Crippen molar-refractivity contribution in [3.8, 4) is 0 Å². The van der Waals surface area contributed by atoms with Gasteiger partial charge in [-0.1, -0.05) is 35.5 Å². The predicted octanol–water partition coefficient (Wildman–Crippen LogP) is 1.85. The van der Waals surface area contributed by atoms with Crippen LogP contribution in [0.4, 0.5) is 0 Å². The first-order chi connectivity index (χ1) is 12.6. The van der Waals surface area contributed by atoms with E-state index >= 15 is 0 Å². The van der Waals surface area contributed by atoms with Gasteiger partial charge < -0.3 is 14.5 Å². The van der Waals surface area contributed by atoms with Gasteiger partial charge in [0.2, 0.25) is 5.91 Å². The number of rotatable bonds is 4. The monoisotopic (exact) mass is 352 g/mol. The van der Waals surface area contributed by atoms with E-state index in [2.05, 4.69) is 10.3 Å². The van der Waals surface area contributed by atoms with Crippen molar-refractivity contribution in [2.24, 2.45) is 0 Å². The summed E-state index contributed by atoms with van der Waals surface area (Å²) in [5, 5.41) is 18.9. The van der Waals surface area contributed by atoms with Crippen LogP contribution in [-0.4, -0.2) is 37.4 Å². The highest BCUT2D eigenvalue weighted by Gasteiger charge is 2.25. The number of carbonyl (C=O) groups excluding carboxylic acids is 1. The van der Waals surface area contributed by atoms with Gasteiger partial charge in [0.05, 0.1) is 36.6 Å². The lowest BCUT2D eigenvalue weighted by atomic mass is 10.1. The number of hydrogen-bond donors (Lipinski definition) is 1. The molecule has 2 aromatic heterocycles. The minimum atomic E-state index is -0.768. The second kappa shape index (κ2) is 6.76. The second-order valence-corrected chi connectivity index (χ2v) is 6.52. The van der Waals surface area contributed by atoms with Crippen LogP contribution in [0.25, 0.3) is 0 Å². The Bertz CT molecular complexity index is 916. The average Bonchev–Trinajstić information content (AvgIpc) is 3.27. The molecule has 1 amide bonds. The van der Waals surface area contributed by atoms with Crippen LogP contribution in [0.3, 0.4) is 0 Å². The number of aliphatic hydroxyl groups is 1. The lowest BCUT2D eigenvalue weighted by molar-refractivity contribution is -0.132. The molecule has 0 saturated heterocycles. The molecule has 0 aliphatic carbocycles. The topological polar surface area (TPSA) is 84.4 Å². The van der Waals surface area contributed by atoms with Crippen molar-refractivity contribution in [2.75, 3.05) is 6.54 Å². The molecule has 7 heteroatoms. The van der Waals surface area contributed by atoms with Gasteiger partial charge >= 0.3 is 0 Å². The largest absolute Gasteiger partial charge is 0.382 e. The Hall–Kier alpha value is -2.93. The molecule has 0 spiro atoms. The summed E-state index contributed by atoms with van der Waals surface area (Å²) in [5.41, 5.74) is 3.09. The lowest BCUT2D eigenvalue weighted by Crippen LogP contribution is -2.39. The summed E-state index contributed by atoms with van der Waals surface area (Å²) in [6.07, 6.45) is -0.565. The number of aliphatic hydroxyl groups excluding tert-OH is 1. The van der Waals surface area contributed by atoms with Crippen LogP contribution in [0.15, 0.2) is 47.0 Å². The molecule has 0 unspecified atom stereocenters. The summed E-state index contributed by atoms with van der Waals surface area (Å²) in [6.45, 7) is 3.50. The number of aromatic nitrogens is 3. The van der Waals surface area contributed by atoms with Crippen LogP contribution < -0.4 is 0 Å². The van der Waals surface area contributed by atoms with E-state index in [9.17, 15) is 9.90 Å². The van der Waals surface area contributed by atoms with E-state index in [1.807, 2.05) is 48.0 Å². The highest BCUT2D eigenvalue weighted by atomic mass is 16.5. The number of benzene rings is 1. The molecule has 134 valence electrons. The lowest BCUT2D eigenvalue weighted by Gasteiger charge is -2.27. The Balaban J connectivity index is 1.47. The van der Waals surface area contributed by atoms with Gasteiger partial charge in [-0.05, 0) is 18.6 Å². The zero-order valence-corrected chi connectivity index (χ0v) is 14.5. The maximum atomic E-state index is 12.5. The van der Waals surface area contributed by atoms with E-state index in [0.29, 0.717) is 31.1 Å². The fourth-order valence-corrected chi connectivity index (χ4v) is 3.20. The molecule has 1 aromatic carbocycles. The van der Waals surface area contributed by atoms with Crippen LogP contribution >= 0.6 is 0 Å². The Morgan fingerprint density at radius 1 is 1.27 bits per heavy atom. The Morgan fingerprint density at radius 2 is 2.08 bits per heavy atom. The second-order valence-electron chi connectivity index (χ2n) is 6.52. The molecule has 1 N–H and O–H groups in total. The summed E-state index contributed by atoms with van der Waals surface area (Å²) in [4.78, 5) is 14.3. The van der Waals surface area contributed by atoms with Crippen LogP contribution in [0.2, 0.25) is 0 Å². The van der Waals surface area contributed by atoms with Gasteiger partial charge in [0.25, 0.3) is 0 Å². The van der Waals surface area contributed by atoms with Crippen LogP contribution in [0.5, 0.6) is 0 Å². The highest BCUT2D eigenvalue weighted by Crippen LogP contribution is 2.23. The van der Waals surface area contributed by atoms with Crippen molar-refractivity contribution < 1.29 is 14.4 Å². The minimum Gasteiger partial charge on any atom is -0.382 e. The van der Waals surface area contributed by atoms with Crippen LogP contribution in [-0.2, 0) is 24.3 Å². The van der Waals surface area contributed by atoms with Crippen molar-refractivity contribution in [2.45, 2.75) is 32.5 Å². The minimum absolute atomic E-state index is 0.00115. The third-order valence-electron chi connectivity index (χ3n) is 4.57. The molecule has 0 radical (unpaired) electrons. The van der Waals surface area contributed by atoms with E-state index in [1.165, 1.54) is 0 Å². The Labute approximate surface area is 150 Å². The first-order valence-electron chi connectivity index (χ1n) is 8.60. The molecule has 1 atom stereocenters. The molecule has 1 aliphatic rings. The molecular formula is C19H20N4O3. The smallest absolute Gasteiger partial charge is 0.230 e. The SMILES string of the molecule is Cc1cc(CC(=O)N2CCn3nc([C@@H](O)c4ccccc4)cc3C2)on1. The molecule has 3 aromatic rings. The summed E-state index contributed by atoms with van der Waals surface area (Å²) >= 11 is 0. The van der Waals surface area contributed by atoms with Gasteiger partial charge in [0, 0.05) is 12.6 Å². The molecule has 0 bridgehead atoms. The van der Waals surface area contributed by atoms with Gasteiger partial charge in [-0.3, -0.25) is 9.48 Å². The normalized spacial score (nSPS) is 14.9. The Kier molecular flexibility index (Phi) is 4.30. The van der Waals surface area contributed by atoms with Crippen molar-refractivity contribution in [1.29, 1.82) is 0 Å². The van der Waals surface area contributed by atoms with Crippen LogP contribution in [0, 0.1) is 6.92 Å². The van der Waals surface area contributed by atoms with Crippen molar-refractivity contribution in [3.05, 3.63) is 70.9 Å². The third-order valence-corrected chi connectivity index (χ3v) is 4.57. The fourth-order valence-electron chi connectivity index (χ4n) is 3.20. The molecule has 26 heavy (non-hydrogen) atoms. The van der Waals surface area contributed by atoms with Crippen molar-refractivity contribution in [1.82, 2.24) is 19.8 Å². The fraction of sp³-hybridized carbons (Fsp3) is 0.316. The van der Waals surface area contributed by atoms with Gasteiger partial charge in [-0.25, -0.2) is 0 Å². The quantitative estimate of drug-likeness (QED) is 0.775. The van der Waals surface area contributed by atoms with E-state index in [0.717, 1.165) is 17.0 Å². The van der Waals surface area contributed by atoms with Gasteiger partial charge in [0.1, 0.15) is 11.9 Å². The van der Waals surface area contributed by atoms with E-state index < -0.39 is 6.10 Å². The van der Waals surface area contributed by atoms with Gasteiger partial charge in [0.15, 0.2) is 0 Å². The molecule has 3 heterocycles.